The minimum Gasteiger partial charge on any atom is -0.478 e. The van der Waals surface area contributed by atoms with E-state index in [-0.39, 0.29) is 17.2 Å². The Kier molecular flexibility index (Phi) is 5.33. The number of carboxylic acid groups (broad SMARTS) is 1. The number of carbonyl (C=O) groups excluding carboxylic acids is 1. The second-order valence-electron chi connectivity index (χ2n) is 6.88. The summed E-state index contributed by atoms with van der Waals surface area (Å²) >= 11 is 3.42. The number of halogens is 1. The summed E-state index contributed by atoms with van der Waals surface area (Å²) in [6, 6.07) is 21.6. The summed E-state index contributed by atoms with van der Waals surface area (Å²) in [5, 5.41) is 9.06. The number of hydrogen-bond acceptors (Lipinski definition) is 3. The van der Waals surface area contributed by atoms with Gasteiger partial charge in [-0.15, -0.1) is 0 Å². The van der Waals surface area contributed by atoms with Crippen molar-refractivity contribution >= 4 is 45.4 Å². The van der Waals surface area contributed by atoms with Crippen LogP contribution < -0.4 is 4.90 Å². The molecule has 6 heteroatoms. The van der Waals surface area contributed by atoms with E-state index in [1.165, 1.54) is 12.1 Å². The number of aromatic carboxylic acids is 1. The Balaban J connectivity index is 1.79. The first-order valence-corrected chi connectivity index (χ1v) is 10.0. The molecule has 1 aliphatic heterocycles. The van der Waals surface area contributed by atoms with Gasteiger partial charge in [0.25, 0.3) is 5.91 Å². The molecule has 0 saturated carbocycles. The Bertz CT molecular complexity index is 1200. The van der Waals surface area contributed by atoms with Crippen LogP contribution in [-0.4, -0.2) is 22.8 Å². The van der Waals surface area contributed by atoms with E-state index < -0.39 is 5.97 Å². The molecule has 148 valence electrons. The number of aliphatic imine (C=N–C) groups is 1. The maximum Gasteiger partial charge on any atom is 0.335 e. The number of hydrogen-bond donors (Lipinski definition) is 1. The molecule has 0 saturated heterocycles. The third-order valence-electron chi connectivity index (χ3n) is 4.68. The van der Waals surface area contributed by atoms with E-state index >= 15 is 0 Å². The highest BCUT2D eigenvalue weighted by atomic mass is 79.9. The van der Waals surface area contributed by atoms with E-state index in [0.29, 0.717) is 17.1 Å². The standard InChI is InChI=1S/C24H17BrN2O3/c1-15-3-2-4-18(13-15)22-26-21(14-16-5-7-17(8-6-16)24(29)30)23(28)27(22)20-11-9-19(25)10-12-20/h2-14H,1H3,(H,29,30)/b21-14+. The molecule has 1 aliphatic rings. The van der Waals surface area contributed by atoms with Crippen LogP contribution in [0.3, 0.4) is 0 Å². The average molecular weight is 461 g/mol. The molecule has 3 aromatic carbocycles. The SMILES string of the molecule is Cc1cccc(C2=N/C(=C/c3ccc(C(=O)O)cc3)C(=O)N2c2ccc(Br)cc2)c1. The zero-order chi connectivity index (χ0) is 21.3. The number of nitrogens with zero attached hydrogens (tertiary/aromatic N) is 2. The van der Waals surface area contributed by atoms with Crippen molar-refractivity contribution < 1.29 is 14.7 Å². The Morgan fingerprint density at radius 2 is 1.73 bits per heavy atom. The smallest absolute Gasteiger partial charge is 0.335 e. The molecule has 0 unspecified atom stereocenters. The summed E-state index contributed by atoms with van der Waals surface area (Å²) in [7, 11) is 0. The number of anilines is 1. The fraction of sp³-hybridized carbons (Fsp3) is 0.0417. The molecule has 1 heterocycles. The van der Waals surface area contributed by atoms with Gasteiger partial charge in [-0.05, 0) is 61.0 Å². The predicted molar refractivity (Wildman–Crippen MR) is 121 cm³/mol. The van der Waals surface area contributed by atoms with Crippen LogP contribution in [0.25, 0.3) is 6.08 Å². The first-order valence-electron chi connectivity index (χ1n) is 9.23. The van der Waals surface area contributed by atoms with Crippen molar-refractivity contribution in [2.45, 2.75) is 6.92 Å². The Hall–Kier alpha value is -3.51. The molecular weight excluding hydrogens is 444 g/mol. The fourth-order valence-electron chi connectivity index (χ4n) is 3.20. The summed E-state index contributed by atoms with van der Waals surface area (Å²) < 4.78 is 0.918. The Morgan fingerprint density at radius 1 is 1.03 bits per heavy atom. The third kappa shape index (κ3) is 3.95. The van der Waals surface area contributed by atoms with Crippen LogP contribution in [0.5, 0.6) is 0 Å². The van der Waals surface area contributed by atoms with E-state index in [4.69, 9.17) is 5.11 Å². The van der Waals surface area contributed by atoms with E-state index in [0.717, 1.165) is 15.6 Å². The van der Waals surface area contributed by atoms with Crippen molar-refractivity contribution in [1.29, 1.82) is 0 Å². The lowest BCUT2D eigenvalue weighted by atomic mass is 10.1. The van der Waals surface area contributed by atoms with E-state index in [2.05, 4.69) is 20.9 Å². The molecule has 0 bridgehead atoms. The third-order valence-corrected chi connectivity index (χ3v) is 5.21. The van der Waals surface area contributed by atoms with Crippen LogP contribution >= 0.6 is 15.9 Å². The molecular formula is C24H17BrN2O3. The predicted octanol–water partition coefficient (Wildman–Crippen LogP) is 5.29. The van der Waals surface area contributed by atoms with Crippen molar-refractivity contribution in [3.8, 4) is 0 Å². The average Bonchev–Trinajstić information content (AvgIpc) is 3.05. The summed E-state index contributed by atoms with van der Waals surface area (Å²) in [5.74, 6) is -0.678. The van der Waals surface area contributed by atoms with Gasteiger partial charge >= 0.3 is 5.97 Å². The number of benzene rings is 3. The number of amidine groups is 1. The highest BCUT2D eigenvalue weighted by Crippen LogP contribution is 2.29. The lowest BCUT2D eigenvalue weighted by Gasteiger charge is -2.19. The number of rotatable bonds is 4. The number of aryl methyl sites for hydroxylation is 1. The van der Waals surface area contributed by atoms with Crippen LogP contribution in [0.4, 0.5) is 5.69 Å². The molecule has 0 spiro atoms. The molecule has 0 atom stereocenters. The van der Waals surface area contributed by atoms with Gasteiger partial charge in [-0.1, -0.05) is 51.8 Å². The van der Waals surface area contributed by atoms with Gasteiger partial charge in [0.05, 0.1) is 11.3 Å². The lowest BCUT2D eigenvalue weighted by molar-refractivity contribution is -0.113. The summed E-state index contributed by atoms with van der Waals surface area (Å²) in [4.78, 5) is 30.6. The maximum atomic E-state index is 13.3. The molecule has 0 aromatic heterocycles. The van der Waals surface area contributed by atoms with Crippen molar-refractivity contribution in [2.24, 2.45) is 4.99 Å². The quantitative estimate of drug-likeness (QED) is 0.537. The molecule has 5 nitrogen and oxygen atoms in total. The zero-order valence-electron chi connectivity index (χ0n) is 16.0. The monoisotopic (exact) mass is 460 g/mol. The van der Waals surface area contributed by atoms with Crippen LogP contribution in [-0.2, 0) is 4.79 Å². The minimum atomic E-state index is -0.993. The molecule has 1 amide bonds. The van der Waals surface area contributed by atoms with Gasteiger partial charge in [-0.2, -0.15) is 0 Å². The van der Waals surface area contributed by atoms with Crippen LogP contribution in [0.2, 0.25) is 0 Å². The van der Waals surface area contributed by atoms with Crippen molar-refractivity contribution in [3.63, 3.8) is 0 Å². The molecule has 0 radical (unpaired) electrons. The van der Waals surface area contributed by atoms with E-state index in [1.807, 2.05) is 55.5 Å². The van der Waals surface area contributed by atoms with Gasteiger partial charge in [0.1, 0.15) is 11.5 Å². The summed E-state index contributed by atoms with van der Waals surface area (Å²) in [6.45, 7) is 1.99. The minimum absolute atomic E-state index is 0.190. The normalized spacial score (nSPS) is 14.9. The zero-order valence-corrected chi connectivity index (χ0v) is 17.6. The molecule has 30 heavy (non-hydrogen) atoms. The second-order valence-corrected chi connectivity index (χ2v) is 7.79. The van der Waals surface area contributed by atoms with Crippen molar-refractivity contribution in [2.75, 3.05) is 4.90 Å². The van der Waals surface area contributed by atoms with Gasteiger partial charge in [0.15, 0.2) is 0 Å². The van der Waals surface area contributed by atoms with Crippen LogP contribution in [0.1, 0.15) is 27.0 Å². The maximum absolute atomic E-state index is 13.3. The van der Waals surface area contributed by atoms with Gasteiger partial charge < -0.3 is 5.11 Å². The lowest BCUT2D eigenvalue weighted by Crippen LogP contribution is -2.32. The molecule has 1 N–H and O–H groups in total. The molecule has 0 fully saturated rings. The number of carbonyl (C=O) groups is 2. The second kappa shape index (κ2) is 8.08. The Morgan fingerprint density at radius 3 is 2.37 bits per heavy atom. The molecule has 4 rings (SSSR count). The number of carboxylic acids is 1. The van der Waals surface area contributed by atoms with Crippen LogP contribution in [0.15, 0.2) is 88.0 Å². The highest BCUT2D eigenvalue weighted by molar-refractivity contribution is 9.10. The molecule has 3 aromatic rings. The Labute approximate surface area is 182 Å². The van der Waals surface area contributed by atoms with Crippen LogP contribution in [0, 0.1) is 6.92 Å². The fourth-order valence-corrected chi connectivity index (χ4v) is 3.47. The van der Waals surface area contributed by atoms with E-state index in [9.17, 15) is 9.59 Å². The summed E-state index contributed by atoms with van der Waals surface area (Å²) in [6.07, 6.45) is 1.67. The van der Waals surface area contributed by atoms with E-state index in [1.54, 1.807) is 23.1 Å². The summed E-state index contributed by atoms with van der Waals surface area (Å²) in [5.41, 5.74) is 3.81. The highest BCUT2D eigenvalue weighted by Gasteiger charge is 2.32. The first kappa shape index (κ1) is 19.8. The number of amides is 1. The van der Waals surface area contributed by atoms with Gasteiger partial charge in [0.2, 0.25) is 0 Å². The van der Waals surface area contributed by atoms with Gasteiger partial charge in [-0.3, -0.25) is 9.69 Å². The van der Waals surface area contributed by atoms with Gasteiger partial charge in [-0.25, -0.2) is 9.79 Å². The largest absolute Gasteiger partial charge is 0.478 e. The molecule has 0 aliphatic carbocycles. The van der Waals surface area contributed by atoms with Crippen molar-refractivity contribution in [1.82, 2.24) is 0 Å². The van der Waals surface area contributed by atoms with Crippen molar-refractivity contribution in [3.05, 3.63) is 105 Å². The topological polar surface area (TPSA) is 70.0 Å². The first-order chi connectivity index (χ1) is 14.4. The van der Waals surface area contributed by atoms with Gasteiger partial charge in [0, 0.05) is 10.0 Å².